The third-order valence-corrected chi connectivity index (χ3v) is 3.45. The van der Waals surface area contributed by atoms with Crippen molar-refractivity contribution in [3.05, 3.63) is 63.8 Å². The van der Waals surface area contributed by atoms with Crippen molar-refractivity contribution in [1.82, 2.24) is 4.57 Å². The highest BCUT2D eigenvalue weighted by Gasteiger charge is 2.13. The highest BCUT2D eigenvalue weighted by atomic mass is 19.1. The highest BCUT2D eigenvalue weighted by Crippen LogP contribution is 2.27. The van der Waals surface area contributed by atoms with Crippen LogP contribution >= 0.6 is 0 Å². The van der Waals surface area contributed by atoms with E-state index in [1.165, 1.54) is 0 Å². The summed E-state index contributed by atoms with van der Waals surface area (Å²) >= 11 is 0. The fraction of sp³-hybridized carbons (Fsp3) is 0.294. The van der Waals surface area contributed by atoms with Gasteiger partial charge in [-0.25, -0.2) is 4.39 Å². The molecule has 116 valence electrons. The van der Waals surface area contributed by atoms with E-state index in [1.54, 1.807) is 0 Å². The van der Waals surface area contributed by atoms with Crippen molar-refractivity contribution in [1.29, 1.82) is 0 Å². The van der Waals surface area contributed by atoms with Crippen molar-refractivity contribution in [3.63, 3.8) is 0 Å². The molecule has 1 N–H and O–H groups in total. The van der Waals surface area contributed by atoms with Crippen LogP contribution in [0.5, 0.6) is 0 Å². The first-order chi connectivity index (χ1) is 10.4. The summed E-state index contributed by atoms with van der Waals surface area (Å²) in [6, 6.07) is 8.00. The normalized spacial score (nSPS) is 10.8. The van der Waals surface area contributed by atoms with Crippen LogP contribution in [-0.4, -0.2) is 10.5 Å². The number of amides is 1. The number of hydrogen-bond donors (Lipinski definition) is 1. The van der Waals surface area contributed by atoms with E-state index in [9.17, 15) is 14.0 Å². The number of carbonyl (C=O) groups is 1. The molecule has 2 rings (SSSR count). The Morgan fingerprint density at radius 2 is 2.00 bits per heavy atom. The fourth-order valence-electron chi connectivity index (χ4n) is 2.30. The average Bonchev–Trinajstić information content (AvgIpc) is 2.44. The summed E-state index contributed by atoms with van der Waals surface area (Å²) in [4.78, 5) is 23.8. The number of para-hydroxylation sites is 1. The monoisotopic (exact) mass is 302 g/mol. The lowest BCUT2D eigenvalue weighted by Crippen LogP contribution is -2.27. The lowest BCUT2D eigenvalue weighted by Gasteiger charge is -2.16. The molecule has 0 fully saturated rings. The summed E-state index contributed by atoms with van der Waals surface area (Å²) in [6.07, 6.45) is 1.03. The zero-order chi connectivity index (χ0) is 16.3. The van der Waals surface area contributed by atoms with Crippen molar-refractivity contribution in [2.45, 2.75) is 33.2 Å². The number of aryl methyl sites for hydroxylation is 1. The Balaban J connectivity index is 2.23. The van der Waals surface area contributed by atoms with Crippen molar-refractivity contribution in [3.8, 4) is 0 Å². The second-order valence-corrected chi connectivity index (χ2v) is 5.56. The number of halogens is 1. The predicted octanol–water partition coefficient (Wildman–Crippen LogP) is 3.06. The Morgan fingerprint density at radius 1 is 1.27 bits per heavy atom. The molecule has 0 saturated heterocycles. The SMILES string of the molecule is Cc1cccc(C(C)C)c1NC(=O)Cn1cc(F)ccc1=O. The molecule has 2 aromatic rings. The number of nitrogens with zero attached hydrogens (tertiary/aromatic N) is 1. The van der Waals surface area contributed by atoms with Gasteiger partial charge in [-0.1, -0.05) is 32.0 Å². The molecular formula is C17H19FN2O2. The van der Waals surface area contributed by atoms with E-state index in [0.29, 0.717) is 0 Å². The minimum absolute atomic E-state index is 0.220. The number of benzene rings is 1. The van der Waals surface area contributed by atoms with Crippen LogP contribution in [0.15, 0.2) is 41.3 Å². The maximum absolute atomic E-state index is 13.2. The predicted molar refractivity (Wildman–Crippen MR) is 84.6 cm³/mol. The van der Waals surface area contributed by atoms with Gasteiger partial charge in [-0.3, -0.25) is 9.59 Å². The van der Waals surface area contributed by atoms with E-state index in [1.807, 2.05) is 39.0 Å². The number of hydrogen-bond acceptors (Lipinski definition) is 2. The molecule has 5 heteroatoms. The average molecular weight is 302 g/mol. The quantitative estimate of drug-likeness (QED) is 0.943. The topological polar surface area (TPSA) is 51.1 Å². The standard InChI is InChI=1S/C17H19FN2O2/c1-11(2)14-6-4-5-12(3)17(14)19-15(21)10-20-9-13(18)7-8-16(20)22/h4-9,11H,10H2,1-3H3,(H,19,21). The zero-order valence-electron chi connectivity index (χ0n) is 12.9. The Kier molecular flexibility index (Phi) is 4.75. The Bertz CT molecular complexity index is 751. The third-order valence-electron chi connectivity index (χ3n) is 3.45. The summed E-state index contributed by atoms with van der Waals surface area (Å²) in [5, 5.41) is 2.83. The number of anilines is 1. The van der Waals surface area contributed by atoms with E-state index in [0.717, 1.165) is 39.7 Å². The van der Waals surface area contributed by atoms with Gasteiger partial charge in [-0.2, -0.15) is 0 Å². The fourth-order valence-corrected chi connectivity index (χ4v) is 2.30. The van der Waals surface area contributed by atoms with Crippen molar-refractivity contribution in [2.24, 2.45) is 0 Å². The van der Waals surface area contributed by atoms with Crippen molar-refractivity contribution >= 4 is 11.6 Å². The lowest BCUT2D eigenvalue weighted by atomic mass is 9.98. The summed E-state index contributed by atoms with van der Waals surface area (Å²) in [5.41, 5.74) is 2.32. The minimum Gasteiger partial charge on any atom is -0.324 e. The molecule has 0 radical (unpaired) electrons. The van der Waals surface area contributed by atoms with Crippen LogP contribution in [0.25, 0.3) is 0 Å². The molecular weight excluding hydrogens is 283 g/mol. The number of carbonyl (C=O) groups excluding carboxylic acids is 1. The molecule has 1 heterocycles. The van der Waals surface area contributed by atoms with Gasteiger partial charge in [0.1, 0.15) is 12.4 Å². The van der Waals surface area contributed by atoms with Crippen LogP contribution in [-0.2, 0) is 11.3 Å². The molecule has 0 bridgehead atoms. The summed E-state index contributed by atoms with van der Waals surface area (Å²) in [5.74, 6) is -0.651. The van der Waals surface area contributed by atoms with Crippen LogP contribution in [0.1, 0.15) is 30.9 Å². The molecule has 1 aromatic heterocycles. The van der Waals surface area contributed by atoms with Gasteiger partial charge in [0.25, 0.3) is 5.56 Å². The van der Waals surface area contributed by atoms with E-state index in [4.69, 9.17) is 0 Å². The number of rotatable bonds is 4. The maximum atomic E-state index is 13.2. The van der Waals surface area contributed by atoms with Gasteiger partial charge < -0.3 is 9.88 Å². The van der Waals surface area contributed by atoms with E-state index in [2.05, 4.69) is 5.32 Å². The van der Waals surface area contributed by atoms with Gasteiger partial charge in [0, 0.05) is 18.0 Å². The lowest BCUT2D eigenvalue weighted by molar-refractivity contribution is -0.116. The molecule has 0 aliphatic heterocycles. The molecule has 22 heavy (non-hydrogen) atoms. The first kappa shape index (κ1) is 15.9. The Morgan fingerprint density at radius 3 is 2.68 bits per heavy atom. The smallest absolute Gasteiger partial charge is 0.251 e. The summed E-state index contributed by atoms with van der Waals surface area (Å²) < 4.78 is 14.2. The molecule has 1 aromatic carbocycles. The van der Waals surface area contributed by atoms with Gasteiger partial charge in [-0.05, 0) is 30.0 Å². The van der Waals surface area contributed by atoms with Crippen LogP contribution in [0.3, 0.4) is 0 Å². The van der Waals surface area contributed by atoms with Gasteiger partial charge in [0.15, 0.2) is 0 Å². The van der Waals surface area contributed by atoms with Crippen LogP contribution in [0.4, 0.5) is 10.1 Å². The second-order valence-electron chi connectivity index (χ2n) is 5.56. The van der Waals surface area contributed by atoms with Gasteiger partial charge in [-0.15, -0.1) is 0 Å². The first-order valence-corrected chi connectivity index (χ1v) is 7.14. The molecule has 0 aliphatic carbocycles. The van der Waals surface area contributed by atoms with Crippen LogP contribution in [0, 0.1) is 12.7 Å². The minimum atomic E-state index is -0.550. The van der Waals surface area contributed by atoms with E-state index < -0.39 is 11.4 Å². The Labute approximate surface area is 128 Å². The molecule has 0 saturated carbocycles. The number of nitrogens with one attached hydrogen (secondary N) is 1. The highest BCUT2D eigenvalue weighted by molar-refractivity contribution is 5.92. The van der Waals surface area contributed by atoms with Crippen molar-refractivity contribution in [2.75, 3.05) is 5.32 Å². The van der Waals surface area contributed by atoms with Gasteiger partial charge in [0.2, 0.25) is 5.91 Å². The van der Waals surface area contributed by atoms with Crippen LogP contribution in [0.2, 0.25) is 0 Å². The molecule has 0 spiro atoms. The largest absolute Gasteiger partial charge is 0.324 e. The maximum Gasteiger partial charge on any atom is 0.251 e. The van der Waals surface area contributed by atoms with Gasteiger partial charge >= 0.3 is 0 Å². The molecule has 0 aliphatic rings. The summed E-state index contributed by atoms with van der Waals surface area (Å²) in [7, 11) is 0. The molecule has 0 atom stereocenters. The Hall–Kier alpha value is -2.43. The van der Waals surface area contributed by atoms with E-state index in [-0.39, 0.29) is 18.4 Å². The van der Waals surface area contributed by atoms with E-state index >= 15 is 0 Å². The van der Waals surface area contributed by atoms with Crippen LogP contribution < -0.4 is 10.9 Å². The zero-order valence-corrected chi connectivity index (χ0v) is 12.9. The second kappa shape index (κ2) is 6.56. The van der Waals surface area contributed by atoms with Gasteiger partial charge in [0.05, 0.1) is 0 Å². The number of aromatic nitrogens is 1. The molecule has 1 amide bonds. The van der Waals surface area contributed by atoms with Crippen molar-refractivity contribution < 1.29 is 9.18 Å². The summed E-state index contributed by atoms with van der Waals surface area (Å²) in [6.45, 7) is 5.78. The number of pyridine rings is 1. The third kappa shape index (κ3) is 3.61. The molecule has 0 unspecified atom stereocenters. The molecule has 4 nitrogen and oxygen atoms in total. The first-order valence-electron chi connectivity index (χ1n) is 7.14.